The predicted octanol–water partition coefficient (Wildman–Crippen LogP) is 4.12. The first kappa shape index (κ1) is 13.2. The fraction of sp³-hybridized carbons (Fsp3) is 0.0714. The van der Waals surface area contributed by atoms with Crippen LogP contribution in [0.1, 0.15) is 0 Å². The van der Waals surface area contributed by atoms with E-state index in [0.29, 0.717) is 16.4 Å². The highest BCUT2D eigenvalue weighted by Gasteiger charge is 1.96. The van der Waals surface area contributed by atoms with E-state index in [2.05, 4.69) is 10.2 Å². The maximum atomic E-state index is 11.5. The Labute approximate surface area is 115 Å². The number of benzene rings is 1. The van der Waals surface area contributed by atoms with Gasteiger partial charge < -0.3 is 4.74 Å². The smallest absolute Gasteiger partial charge is 0.220 e. The van der Waals surface area contributed by atoms with Gasteiger partial charge in [-0.2, -0.15) is 10.2 Å². The SMILES string of the molecule is COc1ccc(N=Nc2ccc(Cl)cc2)ccc1=O. The highest BCUT2D eigenvalue weighted by atomic mass is 35.5. The van der Waals surface area contributed by atoms with E-state index in [1.807, 2.05) is 0 Å². The van der Waals surface area contributed by atoms with Gasteiger partial charge in [0.2, 0.25) is 5.43 Å². The lowest BCUT2D eigenvalue weighted by Crippen LogP contribution is -1.98. The van der Waals surface area contributed by atoms with Crippen molar-refractivity contribution in [3.63, 3.8) is 0 Å². The Hall–Kier alpha value is -2.20. The molecule has 0 radical (unpaired) electrons. The first-order chi connectivity index (χ1) is 9.19. The van der Waals surface area contributed by atoms with E-state index in [4.69, 9.17) is 16.3 Å². The van der Waals surface area contributed by atoms with Crippen LogP contribution in [0.5, 0.6) is 5.75 Å². The van der Waals surface area contributed by atoms with Gasteiger partial charge in [-0.3, -0.25) is 4.79 Å². The van der Waals surface area contributed by atoms with Crippen LogP contribution in [0.2, 0.25) is 5.02 Å². The molecule has 0 N–H and O–H groups in total. The fourth-order valence-corrected chi connectivity index (χ4v) is 1.53. The lowest BCUT2D eigenvalue weighted by atomic mass is 10.3. The largest absolute Gasteiger partial charge is 0.493 e. The number of ether oxygens (including phenoxy) is 1. The van der Waals surface area contributed by atoms with Crippen molar-refractivity contribution >= 4 is 23.0 Å². The van der Waals surface area contributed by atoms with Crippen LogP contribution >= 0.6 is 11.6 Å². The summed E-state index contributed by atoms with van der Waals surface area (Å²) in [5, 5.41) is 8.75. The van der Waals surface area contributed by atoms with E-state index in [1.165, 1.54) is 13.2 Å². The van der Waals surface area contributed by atoms with Gasteiger partial charge in [0.05, 0.1) is 18.5 Å². The van der Waals surface area contributed by atoms with Crippen molar-refractivity contribution in [1.29, 1.82) is 0 Å². The summed E-state index contributed by atoms with van der Waals surface area (Å²) in [5.74, 6) is 0.271. The molecule has 0 spiro atoms. The minimum atomic E-state index is -0.199. The highest BCUT2D eigenvalue weighted by molar-refractivity contribution is 6.30. The third kappa shape index (κ3) is 3.63. The van der Waals surface area contributed by atoms with E-state index < -0.39 is 0 Å². The van der Waals surface area contributed by atoms with E-state index in [-0.39, 0.29) is 11.2 Å². The van der Waals surface area contributed by atoms with E-state index in [0.717, 1.165) is 0 Å². The van der Waals surface area contributed by atoms with Crippen molar-refractivity contribution < 1.29 is 4.74 Å². The Kier molecular flexibility index (Phi) is 4.26. The summed E-state index contributed by atoms with van der Waals surface area (Å²) in [6, 6.07) is 13.2. The molecule has 0 fully saturated rings. The molecular weight excluding hydrogens is 264 g/mol. The molecule has 0 amide bonds. The molecule has 0 saturated heterocycles. The monoisotopic (exact) mass is 274 g/mol. The minimum absolute atomic E-state index is 0.199. The lowest BCUT2D eigenvalue weighted by molar-refractivity contribution is 0.411. The zero-order chi connectivity index (χ0) is 13.7. The van der Waals surface area contributed by atoms with Crippen molar-refractivity contribution in [2.24, 2.45) is 10.2 Å². The van der Waals surface area contributed by atoms with Gasteiger partial charge in [0.1, 0.15) is 0 Å². The third-order valence-corrected chi connectivity index (χ3v) is 2.63. The number of hydrogen-bond donors (Lipinski definition) is 0. The molecule has 96 valence electrons. The van der Waals surface area contributed by atoms with Crippen molar-refractivity contribution in [2.75, 3.05) is 7.11 Å². The quantitative estimate of drug-likeness (QED) is 0.790. The second-order valence-corrected chi connectivity index (χ2v) is 4.14. The molecule has 2 aromatic rings. The second-order valence-electron chi connectivity index (χ2n) is 3.70. The van der Waals surface area contributed by atoms with E-state index >= 15 is 0 Å². The van der Waals surface area contributed by atoms with Crippen LogP contribution in [-0.2, 0) is 0 Å². The van der Waals surface area contributed by atoms with Crippen LogP contribution in [0.25, 0.3) is 0 Å². The van der Waals surface area contributed by atoms with E-state index in [9.17, 15) is 4.79 Å². The Morgan fingerprint density at radius 1 is 0.895 bits per heavy atom. The van der Waals surface area contributed by atoms with Gasteiger partial charge in [0, 0.05) is 5.02 Å². The Bertz CT molecular complexity index is 654. The second kappa shape index (κ2) is 6.11. The Morgan fingerprint density at radius 3 is 2.00 bits per heavy atom. The molecule has 0 unspecified atom stereocenters. The van der Waals surface area contributed by atoms with Crippen molar-refractivity contribution in [2.45, 2.75) is 0 Å². The number of hydrogen-bond acceptors (Lipinski definition) is 4. The molecule has 2 aromatic carbocycles. The van der Waals surface area contributed by atoms with Crippen LogP contribution in [-0.4, -0.2) is 7.11 Å². The number of methoxy groups -OCH3 is 1. The number of rotatable bonds is 3. The molecule has 0 aromatic heterocycles. The van der Waals surface area contributed by atoms with Crippen LogP contribution in [0.3, 0.4) is 0 Å². The predicted molar refractivity (Wildman–Crippen MR) is 74.9 cm³/mol. The average molecular weight is 275 g/mol. The summed E-state index contributed by atoms with van der Waals surface area (Å²) < 4.78 is 4.94. The molecule has 5 heteroatoms. The Morgan fingerprint density at radius 2 is 1.42 bits per heavy atom. The molecule has 2 rings (SSSR count). The van der Waals surface area contributed by atoms with Crippen molar-refractivity contribution in [3.8, 4) is 5.75 Å². The summed E-state index contributed by atoms with van der Waals surface area (Å²) in [4.78, 5) is 11.5. The zero-order valence-electron chi connectivity index (χ0n) is 10.2. The molecule has 0 saturated carbocycles. The van der Waals surface area contributed by atoms with Gasteiger partial charge in [0.25, 0.3) is 0 Å². The van der Waals surface area contributed by atoms with Crippen molar-refractivity contribution in [1.82, 2.24) is 0 Å². The summed E-state index contributed by atoms with van der Waals surface area (Å²) in [6.45, 7) is 0. The molecule has 19 heavy (non-hydrogen) atoms. The lowest BCUT2D eigenvalue weighted by Gasteiger charge is -1.92. The molecule has 0 aliphatic heterocycles. The highest BCUT2D eigenvalue weighted by Crippen LogP contribution is 2.19. The van der Waals surface area contributed by atoms with Crippen LogP contribution < -0.4 is 10.2 Å². The van der Waals surface area contributed by atoms with Crippen LogP contribution in [0, 0.1) is 0 Å². The maximum absolute atomic E-state index is 11.5. The van der Waals surface area contributed by atoms with Crippen LogP contribution in [0.15, 0.2) is 63.6 Å². The van der Waals surface area contributed by atoms with E-state index in [1.54, 1.807) is 42.5 Å². The van der Waals surface area contributed by atoms with Gasteiger partial charge >= 0.3 is 0 Å². The Balaban J connectivity index is 2.26. The van der Waals surface area contributed by atoms with Gasteiger partial charge in [-0.05, 0) is 48.5 Å². The first-order valence-corrected chi connectivity index (χ1v) is 5.92. The van der Waals surface area contributed by atoms with Crippen LogP contribution in [0.4, 0.5) is 11.4 Å². The first-order valence-electron chi connectivity index (χ1n) is 5.55. The molecule has 0 aliphatic carbocycles. The summed E-state index contributed by atoms with van der Waals surface area (Å²) >= 11 is 5.78. The molecule has 0 heterocycles. The topological polar surface area (TPSA) is 51.0 Å². The zero-order valence-corrected chi connectivity index (χ0v) is 11.0. The molecular formula is C14H11ClN2O2. The minimum Gasteiger partial charge on any atom is -0.493 e. The number of nitrogens with zero attached hydrogens (tertiary/aromatic N) is 2. The summed E-state index contributed by atoms with van der Waals surface area (Å²) in [6.07, 6.45) is 0. The van der Waals surface area contributed by atoms with Gasteiger partial charge in [-0.1, -0.05) is 11.6 Å². The molecule has 0 atom stereocenters. The number of halogens is 1. The standard InChI is InChI=1S/C14H11ClN2O2/c1-19-14-9-7-12(6-8-13(14)18)17-16-11-4-2-10(15)3-5-11/h2-9H,1H3. The normalized spacial score (nSPS) is 10.6. The fourth-order valence-electron chi connectivity index (χ4n) is 1.40. The molecule has 0 bridgehead atoms. The maximum Gasteiger partial charge on any atom is 0.220 e. The van der Waals surface area contributed by atoms with Gasteiger partial charge in [0.15, 0.2) is 5.75 Å². The molecule has 4 nitrogen and oxygen atoms in total. The van der Waals surface area contributed by atoms with Gasteiger partial charge in [-0.25, -0.2) is 0 Å². The summed E-state index contributed by atoms with van der Waals surface area (Å²) in [5.41, 5.74) is 1.05. The summed E-state index contributed by atoms with van der Waals surface area (Å²) in [7, 11) is 1.45. The van der Waals surface area contributed by atoms with Crippen molar-refractivity contribution in [3.05, 3.63) is 63.8 Å². The average Bonchev–Trinajstić information content (AvgIpc) is 2.60. The number of azo groups is 1. The third-order valence-electron chi connectivity index (χ3n) is 2.38. The molecule has 0 aliphatic rings. The van der Waals surface area contributed by atoms with Gasteiger partial charge in [-0.15, -0.1) is 0 Å².